The molecule has 1 aliphatic rings. The van der Waals surface area contributed by atoms with Gasteiger partial charge in [-0.25, -0.2) is 4.79 Å². The molecule has 1 aliphatic heterocycles. The monoisotopic (exact) mass is 352 g/mol. The molecule has 1 aromatic rings. The number of amides is 1. The second kappa shape index (κ2) is 8.34. The third kappa shape index (κ3) is 5.78. The molecular weight excluding hydrogens is 320 g/mol. The number of ether oxygens (including phenoxy) is 1. The van der Waals surface area contributed by atoms with Crippen molar-refractivity contribution in [3.63, 3.8) is 0 Å². The summed E-state index contributed by atoms with van der Waals surface area (Å²) in [5.74, 6) is 0. The van der Waals surface area contributed by atoms with Gasteiger partial charge in [0, 0.05) is 34.9 Å². The van der Waals surface area contributed by atoms with E-state index in [-0.39, 0.29) is 12.1 Å². The van der Waals surface area contributed by atoms with Crippen molar-refractivity contribution in [1.82, 2.24) is 10.2 Å². The summed E-state index contributed by atoms with van der Waals surface area (Å²) in [5, 5.41) is 3.60. The summed E-state index contributed by atoms with van der Waals surface area (Å²) in [5.41, 5.74) is -0.426. The average molecular weight is 353 g/mol. The summed E-state index contributed by atoms with van der Waals surface area (Å²) in [4.78, 5) is 17.1. The van der Waals surface area contributed by atoms with Gasteiger partial charge < -0.3 is 15.0 Å². The Morgan fingerprint density at radius 1 is 1.42 bits per heavy atom. The largest absolute Gasteiger partial charge is 0.444 e. The zero-order chi connectivity index (χ0) is 17.7. The zero-order valence-corrected chi connectivity index (χ0v) is 16.5. The number of nitrogens with zero attached hydrogens (tertiary/aromatic N) is 1. The van der Waals surface area contributed by atoms with Crippen molar-refractivity contribution in [2.75, 3.05) is 6.54 Å². The van der Waals surface area contributed by atoms with Crippen molar-refractivity contribution in [2.45, 2.75) is 84.5 Å². The fourth-order valence-corrected chi connectivity index (χ4v) is 4.02. The van der Waals surface area contributed by atoms with Crippen LogP contribution >= 0.6 is 11.3 Å². The molecule has 2 atom stereocenters. The van der Waals surface area contributed by atoms with Crippen molar-refractivity contribution in [3.05, 3.63) is 21.9 Å². The number of hydrogen-bond acceptors (Lipinski definition) is 4. The maximum absolute atomic E-state index is 12.4. The van der Waals surface area contributed by atoms with Crippen molar-refractivity contribution >= 4 is 17.4 Å². The van der Waals surface area contributed by atoms with E-state index < -0.39 is 5.60 Å². The van der Waals surface area contributed by atoms with Crippen LogP contribution in [0, 0.1) is 0 Å². The summed E-state index contributed by atoms with van der Waals surface area (Å²) in [7, 11) is 0. The van der Waals surface area contributed by atoms with Gasteiger partial charge >= 0.3 is 6.09 Å². The number of thiophene rings is 1. The summed E-state index contributed by atoms with van der Waals surface area (Å²) in [6.07, 6.45) is 4.06. The molecule has 136 valence electrons. The molecule has 1 saturated heterocycles. The second-order valence-corrected chi connectivity index (χ2v) is 8.96. The van der Waals surface area contributed by atoms with Crippen molar-refractivity contribution in [2.24, 2.45) is 0 Å². The van der Waals surface area contributed by atoms with Crippen LogP contribution in [0.4, 0.5) is 4.79 Å². The Morgan fingerprint density at radius 2 is 2.12 bits per heavy atom. The van der Waals surface area contributed by atoms with E-state index in [9.17, 15) is 4.79 Å². The van der Waals surface area contributed by atoms with Crippen LogP contribution in [-0.2, 0) is 17.7 Å². The van der Waals surface area contributed by atoms with E-state index in [4.69, 9.17) is 4.74 Å². The van der Waals surface area contributed by atoms with Crippen LogP contribution in [0.5, 0.6) is 0 Å². The SMILES string of the molecule is CCc1ccc(CNC(C)CC2CCCN2C(=O)OC(C)(C)C)s1. The second-order valence-electron chi connectivity index (χ2n) is 7.71. The van der Waals surface area contributed by atoms with Gasteiger partial charge in [-0.3, -0.25) is 0 Å². The lowest BCUT2D eigenvalue weighted by Crippen LogP contribution is -2.42. The number of carbonyl (C=O) groups excluding carboxylic acids is 1. The lowest BCUT2D eigenvalue weighted by molar-refractivity contribution is 0.0214. The minimum absolute atomic E-state index is 0.164. The highest BCUT2D eigenvalue weighted by molar-refractivity contribution is 7.11. The number of rotatable bonds is 6. The predicted molar refractivity (Wildman–Crippen MR) is 101 cm³/mol. The van der Waals surface area contributed by atoms with Crippen LogP contribution in [0.1, 0.15) is 63.6 Å². The molecule has 1 amide bonds. The molecule has 2 rings (SSSR count). The first kappa shape index (κ1) is 19.3. The van der Waals surface area contributed by atoms with E-state index in [0.29, 0.717) is 6.04 Å². The Hall–Kier alpha value is -1.07. The van der Waals surface area contributed by atoms with Crippen molar-refractivity contribution < 1.29 is 9.53 Å². The number of aryl methyl sites for hydroxylation is 1. The molecule has 0 bridgehead atoms. The van der Waals surface area contributed by atoms with Crippen LogP contribution < -0.4 is 5.32 Å². The molecule has 0 aliphatic carbocycles. The normalized spacial score (nSPS) is 19.5. The van der Waals surface area contributed by atoms with Gasteiger partial charge in [-0.05, 0) is 65.5 Å². The maximum atomic E-state index is 12.4. The molecule has 0 saturated carbocycles. The lowest BCUT2D eigenvalue weighted by atomic mass is 10.1. The van der Waals surface area contributed by atoms with E-state index in [1.54, 1.807) is 0 Å². The summed E-state index contributed by atoms with van der Waals surface area (Å²) < 4.78 is 5.55. The van der Waals surface area contributed by atoms with Crippen LogP contribution in [0.15, 0.2) is 12.1 Å². The quantitative estimate of drug-likeness (QED) is 0.815. The predicted octanol–water partition coefficient (Wildman–Crippen LogP) is 4.58. The first-order chi connectivity index (χ1) is 11.3. The third-order valence-electron chi connectivity index (χ3n) is 4.32. The van der Waals surface area contributed by atoms with Gasteiger partial charge in [0.25, 0.3) is 0 Å². The highest BCUT2D eigenvalue weighted by atomic mass is 32.1. The Bertz CT molecular complexity index is 536. The first-order valence-electron chi connectivity index (χ1n) is 9.09. The molecule has 24 heavy (non-hydrogen) atoms. The molecule has 2 heterocycles. The minimum Gasteiger partial charge on any atom is -0.444 e. The van der Waals surface area contributed by atoms with Crippen molar-refractivity contribution in [1.29, 1.82) is 0 Å². The van der Waals surface area contributed by atoms with E-state index in [1.165, 1.54) is 9.75 Å². The van der Waals surface area contributed by atoms with E-state index in [1.807, 2.05) is 37.0 Å². The van der Waals surface area contributed by atoms with Gasteiger partial charge in [0.05, 0.1) is 0 Å². The minimum atomic E-state index is -0.426. The van der Waals surface area contributed by atoms with Crippen LogP contribution in [0.3, 0.4) is 0 Å². The van der Waals surface area contributed by atoms with Gasteiger partial charge in [0.1, 0.15) is 5.60 Å². The molecule has 0 radical (unpaired) electrons. The first-order valence-corrected chi connectivity index (χ1v) is 9.90. The molecule has 1 fully saturated rings. The molecular formula is C19H32N2O2S. The average Bonchev–Trinajstić information content (AvgIpc) is 3.11. The number of hydrogen-bond donors (Lipinski definition) is 1. The molecule has 1 N–H and O–H groups in total. The molecule has 0 spiro atoms. The van der Waals surface area contributed by atoms with E-state index in [0.717, 1.165) is 38.8 Å². The van der Waals surface area contributed by atoms with E-state index in [2.05, 4.69) is 31.3 Å². The Kier molecular flexibility index (Phi) is 6.70. The Labute approximate surface area is 150 Å². The summed E-state index contributed by atoms with van der Waals surface area (Å²) >= 11 is 1.88. The van der Waals surface area contributed by atoms with Crippen LogP contribution in [0.25, 0.3) is 0 Å². The Morgan fingerprint density at radius 3 is 2.75 bits per heavy atom. The third-order valence-corrected chi connectivity index (χ3v) is 5.55. The van der Waals surface area contributed by atoms with Gasteiger partial charge in [0.2, 0.25) is 0 Å². The molecule has 2 unspecified atom stereocenters. The number of nitrogens with one attached hydrogen (secondary N) is 1. The Balaban J connectivity index is 1.81. The smallest absolute Gasteiger partial charge is 0.410 e. The zero-order valence-electron chi connectivity index (χ0n) is 15.7. The van der Waals surface area contributed by atoms with Gasteiger partial charge in [-0.2, -0.15) is 0 Å². The van der Waals surface area contributed by atoms with Gasteiger partial charge in [0.15, 0.2) is 0 Å². The van der Waals surface area contributed by atoms with Gasteiger partial charge in [-0.1, -0.05) is 6.92 Å². The van der Waals surface area contributed by atoms with E-state index >= 15 is 0 Å². The summed E-state index contributed by atoms with van der Waals surface area (Å²) in [6, 6.07) is 5.10. The molecule has 5 heteroatoms. The summed E-state index contributed by atoms with van der Waals surface area (Å²) in [6.45, 7) is 11.9. The molecule has 0 aromatic carbocycles. The molecule has 1 aromatic heterocycles. The number of carbonyl (C=O) groups is 1. The fraction of sp³-hybridized carbons (Fsp3) is 0.737. The number of likely N-dealkylation sites (tertiary alicyclic amines) is 1. The maximum Gasteiger partial charge on any atom is 0.410 e. The standard InChI is InChI=1S/C19H32N2O2S/c1-6-16-9-10-17(24-16)13-20-14(2)12-15-8-7-11-21(15)18(22)23-19(3,4)5/h9-10,14-15,20H,6-8,11-13H2,1-5H3. The van der Waals surface area contributed by atoms with Crippen LogP contribution in [-0.4, -0.2) is 35.2 Å². The highest BCUT2D eigenvalue weighted by Crippen LogP contribution is 2.24. The van der Waals surface area contributed by atoms with Crippen LogP contribution in [0.2, 0.25) is 0 Å². The topological polar surface area (TPSA) is 41.6 Å². The fourth-order valence-electron chi connectivity index (χ4n) is 3.12. The van der Waals surface area contributed by atoms with Crippen molar-refractivity contribution in [3.8, 4) is 0 Å². The lowest BCUT2D eigenvalue weighted by Gasteiger charge is -2.30. The van der Waals surface area contributed by atoms with Gasteiger partial charge in [-0.15, -0.1) is 11.3 Å². The molecule has 4 nitrogen and oxygen atoms in total. The highest BCUT2D eigenvalue weighted by Gasteiger charge is 2.32.